The van der Waals surface area contributed by atoms with E-state index < -0.39 is 0 Å². The first-order valence-corrected chi connectivity index (χ1v) is 6.37. The highest BCUT2D eigenvalue weighted by Gasteiger charge is 2.10. The predicted octanol–water partition coefficient (Wildman–Crippen LogP) is 3.21. The predicted molar refractivity (Wildman–Crippen MR) is 72.1 cm³/mol. The number of benzene rings is 1. The minimum absolute atomic E-state index is 0.251. The molecule has 0 amide bonds. The highest BCUT2D eigenvalue weighted by Crippen LogP contribution is 2.19. The fraction of sp³-hybridized carbons (Fsp3) is 0.231. The van der Waals surface area contributed by atoms with Crippen LogP contribution in [0.3, 0.4) is 0 Å². The number of hydrogen-bond acceptors (Lipinski definition) is 2. The fourth-order valence-corrected chi connectivity index (χ4v) is 2.22. The zero-order chi connectivity index (χ0) is 13.3. The maximum atomic E-state index is 13.3. The normalized spacial score (nSPS) is 10.7. The Labute approximate surface area is 112 Å². The maximum Gasteiger partial charge on any atom is 0.265 e. The summed E-state index contributed by atoms with van der Waals surface area (Å²) >= 11 is 3.20. The average molecular weight is 311 g/mol. The Balaban J connectivity index is 2.64. The van der Waals surface area contributed by atoms with Crippen LogP contribution in [-0.4, -0.2) is 9.97 Å². The molecule has 0 aliphatic heterocycles. The van der Waals surface area contributed by atoms with Gasteiger partial charge in [-0.3, -0.25) is 4.79 Å². The molecular formula is C13H12BrFN2O. The SMILES string of the molecule is CCc1nc(-c2cc(C)cc(F)c2)[nH]c(=O)c1Br. The van der Waals surface area contributed by atoms with E-state index in [-0.39, 0.29) is 11.4 Å². The third-order valence-electron chi connectivity index (χ3n) is 2.58. The van der Waals surface area contributed by atoms with Gasteiger partial charge in [-0.15, -0.1) is 0 Å². The van der Waals surface area contributed by atoms with Crippen molar-refractivity contribution in [2.24, 2.45) is 0 Å². The summed E-state index contributed by atoms with van der Waals surface area (Å²) in [5.41, 5.74) is 1.77. The third kappa shape index (κ3) is 2.51. The number of H-pyrrole nitrogens is 1. The Morgan fingerprint density at radius 1 is 1.39 bits per heavy atom. The molecule has 1 aromatic carbocycles. The molecule has 0 radical (unpaired) electrons. The van der Waals surface area contributed by atoms with Crippen molar-refractivity contribution in [2.45, 2.75) is 20.3 Å². The molecule has 0 atom stereocenters. The molecule has 1 N–H and O–H groups in total. The molecule has 0 spiro atoms. The van der Waals surface area contributed by atoms with Gasteiger partial charge in [0.25, 0.3) is 5.56 Å². The zero-order valence-electron chi connectivity index (χ0n) is 10.1. The van der Waals surface area contributed by atoms with E-state index in [2.05, 4.69) is 25.9 Å². The van der Waals surface area contributed by atoms with Crippen LogP contribution < -0.4 is 5.56 Å². The molecular weight excluding hydrogens is 299 g/mol. The smallest absolute Gasteiger partial charge is 0.265 e. The first-order chi connectivity index (χ1) is 8.51. The van der Waals surface area contributed by atoms with Crippen LogP contribution in [0, 0.1) is 12.7 Å². The van der Waals surface area contributed by atoms with Crippen LogP contribution in [-0.2, 0) is 6.42 Å². The van der Waals surface area contributed by atoms with Gasteiger partial charge in [0.1, 0.15) is 16.1 Å². The molecule has 5 heteroatoms. The van der Waals surface area contributed by atoms with Crippen LogP contribution in [0.25, 0.3) is 11.4 Å². The number of nitrogens with zero attached hydrogens (tertiary/aromatic N) is 1. The van der Waals surface area contributed by atoms with Crippen LogP contribution in [0.4, 0.5) is 4.39 Å². The van der Waals surface area contributed by atoms with Crippen LogP contribution in [0.15, 0.2) is 27.5 Å². The Morgan fingerprint density at radius 3 is 2.72 bits per heavy atom. The maximum absolute atomic E-state index is 13.3. The lowest BCUT2D eigenvalue weighted by Crippen LogP contribution is -2.13. The average Bonchev–Trinajstić information content (AvgIpc) is 2.31. The molecule has 0 unspecified atom stereocenters. The monoisotopic (exact) mass is 310 g/mol. The second kappa shape index (κ2) is 5.02. The molecule has 0 aliphatic rings. The Morgan fingerprint density at radius 2 is 2.11 bits per heavy atom. The van der Waals surface area contributed by atoms with Gasteiger partial charge in [0.05, 0.1) is 5.69 Å². The lowest BCUT2D eigenvalue weighted by Gasteiger charge is -2.06. The Bertz CT molecular complexity index is 632. The van der Waals surface area contributed by atoms with E-state index >= 15 is 0 Å². The summed E-state index contributed by atoms with van der Waals surface area (Å²) in [4.78, 5) is 18.7. The third-order valence-corrected chi connectivity index (χ3v) is 3.40. The van der Waals surface area contributed by atoms with Gasteiger partial charge in [-0.2, -0.15) is 0 Å². The van der Waals surface area contributed by atoms with E-state index in [4.69, 9.17) is 0 Å². The summed E-state index contributed by atoms with van der Waals surface area (Å²) in [7, 11) is 0. The Kier molecular flexibility index (Phi) is 3.61. The van der Waals surface area contributed by atoms with Gasteiger partial charge < -0.3 is 4.98 Å². The number of aromatic nitrogens is 2. The van der Waals surface area contributed by atoms with Gasteiger partial charge >= 0.3 is 0 Å². The van der Waals surface area contributed by atoms with E-state index in [0.717, 1.165) is 5.56 Å². The molecule has 2 aromatic rings. The van der Waals surface area contributed by atoms with Crippen molar-refractivity contribution >= 4 is 15.9 Å². The number of hydrogen-bond donors (Lipinski definition) is 1. The molecule has 1 aromatic heterocycles. The summed E-state index contributed by atoms with van der Waals surface area (Å²) in [5.74, 6) is 0.0521. The van der Waals surface area contributed by atoms with Crippen molar-refractivity contribution in [3.05, 3.63) is 50.1 Å². The minimum Gasteiger partial charge on any atom is -0.306 e. The second-order valence-corrected chi connectivity index (χ2v) is 4.84. The van der Waals surface area contributed by atoms with Crippen LogP contribution in [0.1, 0.15) is 18.2 Å². The molecule has 0 saturated carbocycles. The van der Waals surface area contributed by atoms with Crippen molar-refractivity contribution in [2.75, 3.05) is 0 Å². The van der Waals surface area contributed by atoms with Crippen LogP contribution in [0.2, 0.25) is 0 Å². The lowest BCUT2D eigenvalue weighted by molar-refractivity contribution is 0.627. The number of rotatable bonds is 2. The molecule has 3 nitrogen and oxygen atoms in total. The zero-order valence-corrected chi connectivity index (χ0v) is 11.6. The largest absolute Gasteiger partial charge is 0.306 e. The summed E-state index contributed by atoms with van der Waals surface area (Å²) < 4.78 is 13.8. The summed E-state index contributed by atoms with van der Waals surface area (Å²) in [6.45, 7) is 3.71. The molecule has 0 bridgehead atoms. The molecule has 0 aliphatic carbocycles. The number of halogens is 2. The minimum atomic E-state index is -0.339. The van der Waals surface area contributed by atoms with E-state index in [9.17, 15) is 9.18 Å². The highest BCUT2D eigenvalue weighted by molar-refractivity contribution is 9.10. The standard InChI is InChI=1S/C13H12BrFN2O/c1-3-10-11(14)13(18)17-12(16-10)8-4-7(2)5-9(15)6-8/h4-6H,3H2,1-2H3,(H,16,17,18). The van der Waals surface area contributed by atoms with Gasteiger partial charge in [-0.25, -0.2) is 9.37 Å². The van der Waals surface area contributed by atoms with Gasteiger partial charge in [0, 0.05) is 5.56 Å². The molecule has 18 heavy (non-hydrogen) atoms. The van der Waals surface area contributed by atoms with E-state index in [1.165, 1.54) is 12.1 Å². The summed E-state index contributed by atoms with van der Waals surface area (Å²) in [6, 6.07) is 4.58. The summed E-state index contributed by atoms with van der Waals surface area (Å²) in [5, 5.41) is 0. The van der Waals surface area contributed by atoms with Crippen LogP contribution >= 0.6 is 15.9 Å². The van der Waals surface area contributed by atoms with Crippen molar-refractivity contribution in [3.8, 4) is 11.4 Å². The molecule has 1 heterocycles. The van der Waals surface area contributed by atoms with Crippen molar-refractivity contribution in [1.82, 2.24) is 9.97 Å². The van der Waals surface area contributed by atoms with E-state index in [1.54, 1.807) is 13.0 Å². The molecule has 94 valence electrons. The fourth-order valence-electron chi connectivity index (χ4n) is 1.75. The first kappa shape index (κ1) is 13.0. The number of aryl methyl sites for hydroxylation is 2. The van der Waals surface area contributed by atoms with Gasteiger partial charge in [0.2, 0.25) is 0 Å². The van der Waals surface area contributed by atoms with Crippen molar-refractivity contribution in [1.29, 1.82) is 0 Å². The molecule has 2 rings (SSSR count). The van der Waals surface area contributed by atoms with Crippen molar-refractivity contribution in [3.63, 3.8) is 0 Å². The molecule has 0 saturated heterocycles. The van der Waals surface area contributed by atoms with Gasteiger partial charge in [-0.05, 0) is 53.0 Å². The van der Waals surface area contributed by atoms with E-state index in [1.807, 2.05) is 6.92 Å². The quantitative estimate of drug-likeness (QED) is 0.925. The number of nitrogens with one attached hydrogen (secondary N) is 1. The topological polar surface area (TPSA) is 45.8 Å². The van der Waals surface area contributed by atoms with E-state index in [0.29, 0.717) is 28.0 Å². The summed E-state index contributed by atoms with van der Waals surface area (Å²) in [6.07, 6.45) is 0.631. The van der Waals surface area contributed by atoms with Gasteiger partial charge in [0.15, 0.2) is 0 Å². The second-order valence-electron chi connectivity index (χ2n) is 4.05. The number of aromatic amines is 1. The highest BCUT2D eigenvalue weighted by atomic mass is 79.9. The van der Waals surface area contributed by atoms with Gasteiger partial charge in [-0.1, -0.05) is 6.92 Å². The Hall–Kier alpha value is -1.49. The first-order valence-electron chi connectivity index (χ1n) is 5.57. The van der Waals surface area contributed by atoms with Crippen molar-refractivity contribution < 1.29 is 4.39 Å². The van der Waals surface area contributed by atoms with Crippen LogP contribution in [0.5, 0.6) is 0 Å². The lowest BCUT2D eigenvalue weighted by atomic mass is 10.1. The molecule has 0 fully saturated rings.